The van der Waals surface area contributed by atoms with Crippen molar-refractivity contribution in [1.29, 1.82) is 0 Å². The van der Waals surface area contributed by atoms with Crippen LogP contribution in [-0.4, -0.2) is 16.7 Å². The Morgan fingerprint density at radius 3 is 2.35 bits per heavy atom. The molecule has 6 nitrogen and oxygen atoms in total. The van der Waals surface area contributed by atoms with Gasteiger partial charge in [-0.3, -0.25) is 24.6 Å². The van der Waals surface area contributed by atoms with E-state index >= 15 is 0 Å². The van der Waals surface area contributed by atoms with E-state index in [-0.39, 0.29) is 30.3 Å². The molecule has 0 spiro atoms. The SMILES string of the molecule is Cc1ccc([N+](=O)[O-])cc1N1C(=O)CCC1=O. The molecule has 2 rings (SSSR count). The highest BCUT2D eigenvalue weighted by molar-refractivity contribution is 6.20. The van der Waals surface area contributed by atoms with Crippen LogP contribution in [0.2, 0.25) is 0 Å². The van der Waals surface area contributed by atoms with Gasteiger partial charge in [0.05, 0.1) is 10.6 Å². The molecule has 0 aliphatic carbocycles. The van der Waals surface area contributed by atoms with Crippen LogP contribution in [0.5, 0.6) is 0 Å². The second kappa shape index (κ2) is 3.97. The number of anilines is 1. The number of non-ortho nitro benzene ring substituents is 1. The van der Waals surface area contributed by atoms with E-state index in [1.165, 1.54) is 18.2 Å². The summed E-state index contributed by atoms with van der Waals surface area (Å²) in [4.78, 5) is 34.2. The van der Waals surface area contributed by atoms with Gasteiger partial charge in [0.25, 0.3) is 5.69 Å². The summed E-state index contributed by atoms with van der Waals surface area (Å²) in [6, 6.07) is 4.15. The first-order valence-corrected chi connectivity index (χ1v) is 5.11. The molecule has 6 heteroatoms. The lowest BCUT2D eigenvalue weighted by Gasteiger charge is -2.15. The van der Waals surface area contributed by atoms with E-state index in [9.17, 15) is 19.7 Å². The average Bonchev–Trinajstić information content (AvgIpc) is 2.59. The number of carbonyl (C=O) groups is 2. The molecule has 1 aromatic carbocycles. The lowest BCUT2D eigenvalue weighted by atomic mass is 10.1. The zero-order valence-corrected chi connectivity index (χ0v) is 9.17. The van der Waals surface area contributed by atoms with E-state index in [4.69, 9.17) is 0 Å². The Labute approximate surface area is 97.0 Å². The lowest BCUT2D eigenvalue weighted by molar-refractivity contribution is -0.384. The van der Waals surface area contributed by atoms with Crippen LogP contribution in [0.1, 0.15) is 18.4 Å². The van der Waals surface area contributed by atoms with Crippen molar-refractivity contribution in [3.05, 3.63) is 33.9 Å². The first-order chi connectivity index (χ1) is 8.00. The molecule has 1 aliphatic rings. The number of nitrogens with zero attached hydrogens (tertiary/aromatic N) is 2. The largest absolute Gasteiger partial charge is 0.274 e. The van der Waals surface area contributed by atoms with Gasteiger partial charge in [-0.25, -0.2) is 0 Å². The number of hydrogen-bond donors (Lipinski definition) is 0. The number of aryl methyl sites for hydroxylation is 1. The predicted molar refractivity (Wildman–Crippen MR) is 59.6 cm³/mol. The number of nitro benzene ring substituents is 1. The number of carbonyl (C=O) groups excluding carboxylic acids is 2. The summed E-state index contributed by atoms with van der Waals surface area (Å²) in [7, 11) is 0. The molecule has 0 saturated carbocycles. The average molecular weight is 234 g/mol. The zero-order chi connectivity index (χ0) is 12.6. The van der Waals surface area contributed by atoms with Gasteiger partial charge in [-0.15, -0.1) is 0 Å². The van der Waals surface area contributed by atoms with Crippen molar-refractivity contribution >= 4 is 23.2 Å². The molecule has 1 saturated heterocycles. The Balaban J connectivity index is 2.50. The van der Waals surface area contributed by atoms with Crippen LogP contribution in [0, 0.1) is 17.0 Å². The molecular weight excluding hydrogens is 224 g/mol. The number of nitro groups is 1. The van der Waals surface area contributed by atoms with E-state index in [2.05, 4.69) is 0 Å². The van der Waals surface area contributed by atoms with Crippen molar-refractivity contribution < 1.29 is 14.5 Å². The highest BCUT2D eigenvalue weighted by Crippen LogP contribution is 2.29. The van der Waals surface area contributed by atoms with Gasteiger partial charge in [-0.1, -0.05) is 6.07 Å². The molecule has 0 unspecified atom stereocenters. The van der Waals surface area contributed by atoms with E-state index < -0.39 is 4.92 Å². The van der Waals surface area contributed by atoms with Gasteiger partial charge in [-0.05, 0) is 12.5 Å². The fraction of sp³-hybridized carbons (Fsp3) is 0.273. The number of benzene rings is 1. The van der Waals surface area contributed by atoms with Crippen LogP contribution < -0.4 is 4.90 Å². The standard InChI is InChI=1S/C11H10N2O4/c1-7-2-3-8(13(16)17)6-9(7)12-10(14)4-5-11(12)15/h2-3,6H,4-5H2,1H3. The molecule has 0 aromatic heterocycles. The summed E-state index contributed by atoms with van der Waals surface area (Å²) in [5, 5.41) is 10.7. The van der Waals surface area contributed by atoms with Gasteiger partial charge < -0.3 is 0 Å². The first kappa shape index (κ1) is 11.3. The van der Waals surface area contributed by atoms with Crippen molar-refractivity contribution in [3.8, 4) is 0 Å². The molecule has 1 heterocycles. The van der Waals surface area contributed by atoms with Crippen LogP contribution in [0.15, 0.2) is 18.2 Å². The Kier molecular flexibility index (Phi) is 2.63. The monoisotopic (exact) mass is 234 g/mol. The summed E-state index contributed by atoms with van der Waals surface area (Å²) in [6.07, 6.45) is 0.335. The minimum absolute atomic E-state index is 0.127. The molecule has 1 aromatic rings. The van der Waals surface area contributed by atoms with Crippen molar-refractivity contribution in [2.75, 3.05) is 4.90 Å². The Morgan fingerprint density at radius 2 is 1.82 bits per heavy atom. The van der Waals surface area contributed by atoms with Crippen LogP contribution in [0.25, 0.3) is 0 Å². The fourth-order valence-corrected chi connectivity index (χ4v) is 1.80. The summed E-state index contributed by atoms with van der Waals surface area (Å²) in [6.45, 7) is 1.71. The third-order valence-corrected chi connectivity index (χ3v) is 2.70. The maximum atomic E-state index is 11.6. The van der Waals surface area contributed by atoms with E-state index in [0.29, 0.717) is 11.3 Å². The van der Waals surface area contributed by atoms with E-state index in [1.54, 1.807) is 6.92 Å². The van der Waals surface area contributed by atoms with Gasteiger partial charge >= 0.3 is 0 Å². The predicted octanol–water partition coefficient (Wildman–Crippen LogP) is 1.56. The third kappa shape index (κ3) is 1.89. The number of rotatable bonds is 2. The van der Waals surface area contributed by atoms with Gasteiger partial charge in [0.1, 0.15) is 0 Å². The normalized spacial score (nSPS) is 15.5. The molecule has 0 N–H and O–H groups in total. The number of amides is 2. The first-order valence-electron chi connectivity index (χ1n) is 5.11. The molecule has 1 fully saturated rings. The summed E-state index contributed by atoms with van der Waals surface area (Å²) in [5.74, 6) is -0.614. The minimum Gasteiger partial charge on any atom is -0.274 e. The Bertz CT molecular complexity index is 508. The van der Waals surface area contributed by atoms with Crippen molar-refractivity contribution in [3.63, 3.8) is 0 Å². The van der Waals surface area contributed by atoms with Crippen molar-refractivity contribution in [2.45, 2.75) is 19.8 Å². The second-order valence-electron chi connectivity index (χ2n) is 3.85. The smallest absolute Gasteiger partial charge is 0.271 e. The van der Waals surface area contributed by atoms with Crippen LogP contribution >= 0.6 is 0 Å². The Hall–Kier alpha value is -2.24. The van der Waals surface area contributed by atoms with E-state index in [0.717, 1.165) is 4.90 Å². The third-order valence-electron chi connectivity index (χ3n) is 2.70. The lowest BCUT2D eigenvalue weighted by Crippen LogP contribution is -2.29. The van der Waals surface area contributed by atoms with Crippen molar-refractivity contribution in [1.82, 2.24) is 0 Å². The van der Waals surface area contributed by atoms with Crippen LogP contribution in [0.4, 0.5) is 11.4 Å². The highest BCUT2D eigenvalue weighted by atomic mass is 16.6. The maximum absolute atomic E-state index is 11.6. The van der Waals surface area contributed by atoms with E-state index in [1.807, 2.05) is 0 Å². The maximum Gasteiger partial charge on any atom is 0.271 e. The summed E-state index contributed by atoms with van der Waals surface area (Å²) >= 11 is 0. The van der Waals surface area contributed by atoms with Gasteiger partial charge in [-0.2, -0.15) is 0 Å². The number of imide groups is 1. The molecule has 17 heavy (non-hydrogen) atoms. The zero-order valence-electron chi connectivity index (χ0n) is 9.17. The molecule has 0 atom stereocenters. The van der Waals surface area contributed by atoms with Gasteiger partial charge in [0.2, 0.25) is 11.8 Å². The molecular formula is C11H10N2O4. The summed E-state index contributed by atoms with van der Waals surface area (Å²) < 4.78 is 0. The molecule has 2 amide bonds. The van der Waals surface area contributed by atoms with Crippen molar-refractivity contribution in [2.24, 2.45) is 0 Å². The van der Waals surface area contributed by atoms with Crippen LogP contribution in [-0.2, 0) is 9.59 Å². The quantitative estimate of drug-likeness (QED) is 0.441. The highest BCUT2D eigenvalue weighted by Gasteiger charge is 2.32. The second-order valence-corrected chi connectivity index (χ2v) is 3.85. The molecule has 0 bridgehead atoms. The van der Waals surface area contributed by atoms with Crippen LogP contribution in [0.3, 0.4) is 0 Å². The van der Waals surface area contributed by atoms with Gasteiger partial charge in [0, 0.05) is 25.0 Å². The topological polar surface area (TPSA) is 80.5 Å². The summed E-state index contributed by atoms with van der Waals surface area (Å²) in [5.41, 5.74) is 0.851. The van der Waals surface area contributed by atoms with Gasteiger partial charge in [0.15, 0.2) is 0 Å². The molecule has 0 radical (unpaired) electrons. The molecule has 88 valence electrons. The minimum atomic E-state index is -0.548. The number of hydrogen-bond acceptors (Lipinski definition) is 4. The fourth-order valence-electron chi connectivity index (χ4n) is 1.80. The molecule has 1 aliphatic heterocycles. The Morgan fingerprint density at radius 1 is 1.24 bits per heavy atom.